The molecule has 0 saturated heterocycles. The van der Waals surface area contributed by atoms with Gasteiger partial charge < -0.3 is 13.3 Å². The quantitative estimate of drug-likeness (QED) is 0.187. The van der Waals surface area contributed by atoms with Gasteiger partial charge in [-0.25, -0.2) is 21.6 Å². The number of alkyl halides is 6. The molecule has 0 radical (unpaired) electrons. The summed E-state index contributed by atoms with van der Waals surface area (Å²) < 4.78 is 115. The molecule has 0 heterocycles. The lowest BCUT2D eigenvalue weighted by Gasteiger charge is -2.23. The summed E-state index contributed by atoms with van der Waals surface area (Å²) in [6, 6.07) is 0. The van der Waals surface area contributed by atoms with E-state index in [9.17, 15) is 48.0 Å². The van der Waals surface area contributed by atoms with Crippen LogP contribution in [-0.2, 0) is 29.6 Å². The number of carbonyl (C=O) groups is 1. The number of nitrogens with zero attached hydrogens (tertiary/aromatic N) is 2. The zero-order valence-electron chi connectivity index (χ0n) is 15.3. The standard InChI is InChI=1S/C10H20NO2.C2F6NO4S2/c1-9(2)10(12)13-8-6-7-11(3,4)5;3-1(4,5)14(10,11)9-15(12,13)2(6,7)8/h1,6-8H2,2-5H3;/q+1;-1. The molecule has 0 N–H and O–H groups in total. The molecule has 0 aromatic carbocycles. The third-order valence-corrected chi connectivity index (χ3v) is 5.08. The van der Waals surface area contributed by atoms with Gasteiger partial charge in [0.25, 0.3) is 0 Å². The topological polar surface area (TPSA) is 109 Å². The number of hydrogen-bond donors (Lipinski definition) is 0. The number of halogens is 6. The summed E-state index contributed by atoms with van der Waals surface area (Å²) in [7, 11) is -7.11. The molecule has 0 aliphatic rings. The minimum atomic E-state index is -6.72. The largest absolute Gasteiger partial charge is 0.480 e. The maximum absolute atomic E-state index is 11.4. The molecule has 0 aliphatic heterocycles. The van der Waals surface area contributed by atoms with Crippen LogP contribution in [0.3, 0.4) is 0 Å². The van der Waals surface area contributed by atoms with Gasteiger partial charge in [0.2, 0.25) is 0 Å². The van der Waals surface area contributed by atoms with Gasteiger partial charge in [0.05, 0.1) is 34.3 Å². The van der Waals surface area contributed by atoms with E-state index in [2.05, 4.69) is 27.7 Å². The first-order valence-electron chi connectivity index (χ1n) is 7.03. The second-order valence-corrected chi connectivity index (χ2v) is 9.62. The SMILES string of the molecule is C=C(C)C(=O)OCCC[N+](C)(C)C.O=S(=O)([N-]S(=O)(=O)C(F)(F)F)C(F)(F)F. The second kappa shape index (κ2) is 9.89. The Morgan fingerprint density at radius 1 is 0.964 bits per heavy atom. The molecule has 0 bridgehead atoms. The molecule has 28 heavy (non-hydrogen) atoms. The highest BCUT2D eigenvalue weighted by molar-refractivity contribution is 8.13. The number of rotatable bonds is 7. The van der Waals surface area contributed by atoms with Crippen LogP contribution < -0.4 is 0 Å². The third kappa shape index (κ3) is 11.5. The van der Waals surface area contributed by atoms with Crippen LogP contribution in [0.4, 0.5) is 26.3 Å². The molecule has 0 amide bonds. The van der Waals surface area contributed by atoms with Crippen molar-refractivity contribution in [2.45, 2.75) is 24.4 Å². The monoisotopic (exact) mass is 466 g/mol. The van der Waals surface area contributed by atoms with Crippen LogP contribution in [0.5, 0.6) is 0 Å². The summed E-state index contributed by atoms with van der Waals surface area (Å²) >= 11 is 0. The van der Waals surface area contributed by atoms with E-state index in [-0.39, 0.29) is 5.97 Å². The smallest absolute Gasteiger partial charge is 0.462 e. The van der Waals surface area contributed by atoms with Crippen molar-refractivity contribution in [3.05, 3.63) is 16.3 Å². The lowest BCUT2D eigenvalue weighted by molar-refractivity contribution is -0.870. The van der Waals surface area contributed by atoms with Crippen LogP contribution >= 0.6 is 0 Å². The van der Waals surface area contributed by atoms with E-state index in [4.69, 9.17) is 4.74 Å². The van der Waals surface area contributed by atoms with Crippen molar-refractivity contribution >= 4 is 26.0 Å². The molecular weight excluding hydrogens is 446 g/mol. The average molecular weight is 466 g/mol. The molecule has 0 fully saturated rings. The van der Waals surface area contributed by atoms with Gasteiger partial charge in [-0.15, -0.1) is 0 Å². The van der Waals surface area contributed by atoms with Gasteiger partial charge in [-0.2, -0.15) is 26.3 Å². The fourth-order valence-electron chi connectivity index (χ4n) is 1.04. The molecule has 0 aliphatic carbocycles. The van der Waals surface area contributed by atoms with E-state index in [1.54, 1.807) is 6.92 Å². The van der Waals surface area contributed by atoms with Gasteiger partial charge in [0.15, 0.2) is 20.0 Å². The predicted octanol–water partition coefficient (Wildman–Crippen LogP) is 2.26. The molecule has 168 valence electrons. The molecule has 16 heteroatoms. The van der Waals surface area contributed by atoms with E-state index in [0.717, 1.165) is 21.6 Å². The van der Waals surface area contributed by atoms with Crippen molar-refractivity contribution in [3.63, 3.8) is 0 Å². The highest BCUT2D eigenvalue weighted by Crippen LogP contribution is 2.36. The number of esters is 1. The highest BCUT2D eigenvalue weighted by Gasteiger charge is 2.46. The molecule has 0 aromatic rings. The Morgan fingerprint density at radius 3 is 1.57 bits per heavy atom. The van der Waals surface area contributed by atoms with Gasteiger partial charge in [-0.05, 0) is 6.92 Å². The lowest BCUT2D eigenvalue weighted by atomic mass is 10.3. The normalized spacial score (nSPS) is 13.4. The first-order valence-corrected chi connectivity index (χ1v) is 9.91. The van der Waals surface area contributed by atoms with Crippen LogP contribution in [0.1, 0.15) is 13.3 Å². The van der Waals surface area contributed by atoms with Crippen molar-refractivity contribution in [2.24, 2.45) is 0 Å². The molecule has 0 atom stereocenters. The maximum atomic E-state index is 11.4. The highest BCUT2D eigenvalue weighted by atomic mass is 32.3. The van der Waals surface area contributed by atoms with Gasteiger partial charge in [0.1, 0.15) is 0 Å². The molecule has 0 spiro atoms. The average Bonchev–Trinajstić information content (AvgIpc) is 2.39. The van der Waals surface area contributed by atoms with Crippen molar-refractivity contribution in [1.29, 1.82) is 0 Å². The summed E-state index contributed by atoms with van der Waals surface area (Å²) in [5.74, 6) is -0.290. The maximum Gasteiger partial charge on any atom is 0.480 e. The summed E-state index contributed by atoms with van der Waals surface area (Å²) in [6.45, 7) is 6.65. The van der Waals surface area contributed by atoms with Gasteiger partial charge >= 0.3 is 17.0 Å². The van der Waals surface area contributed by atoms with Gasteiger partial charge in [0, 0.05) is 12.0 Å². The van der Waals surface area contributed by atoms with Crippen LogP contribution in [0.25, 0.3) is 4.13 Å². The summed E-state index contributed by atoms with van der Waals surface area (Å²) in [6.07, 6.45) is 0.891. The number of hydrogen-bond acceptors (Lipinski definition) is 6. The summed E-state index contributed by atoms with van der Waals surface area (Å²) in [4.78, 5) is 10.9. The van der Waals surface area contributed by atoms with E-state index in [1.165, 1.54) is 0 Å². The minimum absolute atomic E-state index is 0.290. The Labute approximate surface area is 158 Å². The first-order chi connectivity index (χ1) is 12.0. The van der Waals surface area contributed by atoms with Gasteiger partial charge in [-0.1, -0.05) is 6.58 Å². The fraction of sp³-hybridized carbons (Fsp3) is 0.750. The number of quaternary nitrogens is 1. The predicted molar refractivity (Wildman–Crippen MR) is 86.6 cm³/mol. The fourth-order valence-corrected chi connectivity index (χ4v) is 2.75. The molecule has 0 saturated carbocycles. The zero-order valence-corrected chi connectivity index (χ0v) is 16.9. The van der Waals surface area contributed by atoms with Crippen LogP contribution in [0.2, 0.25) is 0 Å². The molecule has 0 unspecified atom stereocenters. The van der Waals surface area contributed by atoms with Crippen molar-refractivity contribution in [1.82, 2.24) is 0 Å². The van der Waals surface area contributed by atoms with Crippen LogP contribution in [0, 0.1) is 0 Å². The lowest BCUT2D eigenvalue weighted by Crippen LogP contribution is -2.35. The Hall–Kier alpha value is -1.39. The van der Waals surface area contributed by atoms with E-state index >= 15 is 0 Å². The summed E-state index contributed by atoms with van der Waals surface area (Å²) in [5.41, 5.74) is -11.9. The Balaban J connectivity index is 0. The van der Waals surface area contributed by atoms with E-state index in [0.29, 0.717) is 12.2 Å². The number of carbonyl (C=O) groups excluding carboxylic acids is 1. The van der Waals surface area contributed by atoms with Crippen molar-refractivity contribution in [3.8, 4) is 0 Å². The third-order valence-electron chi connectivity index (χ3n) is 2.34. The molecule has 8 nitrogen and oxygen atoms in total. The van der Waals surface area contributed by atoms with Crippen LogP contribution in [0.15, 0.2) is 12.2 Å². The van der Waals surface area contributed by atoms with E-state index < -0.39 is 31.1 Å². The molecule has 0 rings (SSSR count). The van der Waals surface area contributed by atoms with Crippen molar-refractivity contribution in [2.75, 3.05) is 34.3 Å². The zero-order chi connectivity index (χ0) is 23.2. The number of ether oxygens (including phenoxy) is 1. The van der Waals surface area contributed by atoms with Crippen molar-refractivity contribution < 1.29 is 57.2 Å². The second-order valence-electron chi connectivity index (χ2n) is 6.20. The Morgan fingerprint density at radius 2 is 1.32 bits per heavy atom. The molecular formula is C12H20F6N2O6S2. The van der Waals surface area contributed by atoms with Gasteiger partial charge in [-0.3, -0.25) is 0 Å². The Bertz CT molecular complexity index is 709. The Kier molecular flexibility index (Phi) is 10.2. The minimum Gasteiger partial charge on any atom is -0.462 e. The van der Waals surface area contributed by atoms with Crippen LogP contribution in [-0.4, -0.2) is 72.6 Å². The number of sulfonamides is 2. The molecule has 0 aromatic heterocycles. The summed E-state index contributed by atoms with van der Waals surface area (Å²) in [5, 5.41) is 0. The van der Waals surface area contributed by atoms with E-state index in [1.807, 2.05) is 0 Å². The first kappa shape index (κ1) is 28.8.